The second-order valence-electron chi connectivity index (χ2n) is 10.5. The monoisotopic (exact) mass is 664 g/mol. The van der Waals surface area contributed by atoms with Crippen LogP contribution in [0.4, 0.5) is 18.9 Å². The number of ether oxygens (including phenoxy) is 1. The molecule has 2 aliphatic rings. The van der Waals surface area contributed by atoms with Crippen molar-refractivity contribution in [3.8, 4) is 17.0 Å². The fraction of sp³-hybridized carbons (Fsp3) is 0.367. The molecule has 46 heavy (non-hydrogen) atoms. The zero-order valence-corrected chi connectivity index (χ0v) is 25.5. The summed E-state index contributed by atoms with van der Waals surface area (Å²) in [4.78, 5) is 54.6. The van der Waals surface area contributed by atoms with E-state index in [1.54, 1.807) is 9.80 Å². The molecule has 2 saturated heterocycles. The Kier molecular flexibility index (Phi) is 11.6. The molecule has 1 atom stereocenters. The van der Waals surface area contributed by atoms with Crippen molar-refractivity contribution < 1.29 is 42.2 Å². The van der Waals surface area contributed by atoms with Crippen LogP contribution in [0.3, 0.4) is 0 Å². The van der Waals surface area contributed by atoms with Crippen LogP contribution in [0.1, 0.15) is 33.8 Å². The molecule has 16 heteroatoms. The number of carboxylic acid groups (broad SMARTS) is 1. The van der Waals surface area contributed by atoms with E-state index in [2.05, 4.69) is 20.4 Å². The third-order valence-corrected chi connectivity index (χ3v) is 8.04. The van der Waals surface area contributed by atoms with Gasteiger partial charge < -0.3 is 34.8 Å². The number of amides is 3. The van der Waals surface area contributed by atoms with E-state index in [4.69, 9.17) is 21.5 Å². The average molecular weight is 665 g/mol. The molecule has 0 spiro atoms. The van der Waals surface area contributed by atoms with Crippen molar-refractivity contribution >= 4 is 41.5 Å². The maximum atomic E-state index is 14.6. The highest BCUT2D eigenvalue weighted by molar-refractivity contribution is 6.34. The zero-order valence-electron chi connectivity index (χ0n) is 24.8. The number of piperazine rings is 1. The number of carbonyl (C=O) groups is 4. The van der Waals surface area contributed by atoms with Gasteiger partial charge >= 0.3 is 0 Å². The SMILES string of the molecule is Cn1c(-c2ccc(OCF)c(F)c2F)cnc1C(=O)Nc1ccc(C(=O)N2CCN(C(=O)C[C@@H]3CCNC3)CC2)c(Cl)c1.O=CO. The van der Waals surface area contributed by atoms with Crippen molar-refractivity contribution in [3.63, 3.8) is 0 Å². The summed E-state index contributed by atoms with van der Waals surface area (Å²) in [7, 11) is 1.45. The molecule has 0 radical (unpaired) electrons. The maximum absolute atomic E-state index is 14.6. The first-order chi connectivity index (χ1) is 22.1. The van der Waals surface area contributed by atoms with Crippen molar-refractivity contribution in [3.05, 3.63) is 64.6 Å². The topological polar surface area (TPSA) is 146 Å². The summed E-state index contributed by atoms with van der Waals surface area (Å²) in [6.45, 7) is 1.91. The largest absolute Gasteiger partial charge is 0.483 e. The molecule has 3 amide bonds. The van der Waals surface area contributed by atoms with E-state index in [0.29, 0.717) is 38.5 Å². The maximum Gasteiger partial charge on any atom is 0.291 e. The number of carbonyl (C=O) groups excluding carboxylic acids is 3. The quantitative estimate of drug-likeness (QED) is 0.310. The van der Waals surface area contributed by atoms with Crippen LogP contribution in [0.5, 0.6) is 5.75 Å². The Bertz CT molecular complexity index is 1590. The van der Waals surface area contributed by atoms with Crippen LogP contribution in [-0.2, 0) is 16.6 Å². The van der Waals surface area contributed by atoms with Gasteiger partial charge in [0.2, 0.25) is 18.6 Å². The Morgan fingerprint density at radius 2 is 1.83 bits per heavy atom. The summed E-state index contributed by atoms with van der Waals surface area (Å²) in [5.41, 5.74) is 0.455. The first-order valence-corrected chi connectivity index (χ1v) is 14.6. The molecule has 0 aliphatic carbocycles. The number of benzene rings is 2. The van der Waals surface area contributed by atoms with Crippen LogP contribution in [0.15, 0.2) is 36.5 Å². The number of imidazole rings is 1. The van der Waals surface area contributed by atoms with Crippen LogP contribution < -0.4 is 15.4 Å². The van der Waals surface area contributed by atoms with E-state index in [-0.39, 0.29) is 51.6 Å². The van der Waals surface area contributed by atoms with Gasteiger partial charge in [-0.25, -0.2) is 13.8 Å². The molecule has 0 bridgehead atoms. The summed E-state index contributed by atoms with van der Waals surface area (Å²) >= 11 is 6.43. The minimum absolute atomic E-state index is 0.102. The second-order valence-corrected chi connectivity index (χ2v) is 10.9. The number of halogens is 4. The smallest absolute Gasteiger partial charge is 0.291 e. The third kappa shape index (κ3) is 7.77. The van der Waals surface area contributed by atoms with E-state index in [1.165, 1.54) is 42.1 Å². The lowest BCUT2D eigenvalue weighted by atomic mass is 10.0. The van der Waals surface area contributed by atoms with Gasteiger partial charge in [-0.15, -0.1) is 0 Å². The summed E-state index contributed by atoms with van der Waals surface area (Å²) in [5.74, 6) is -3.78. The fourth-order valence-electron chi connectivity index (χ4n) is 5.32. The van der Waals surface area contributed by atoms with Crippen LogP contribution in [0.2, 0.25) is 5.02 Å². The predicted molar refractivity (Wildman–Crippen MR) is 161 cm³/mol. The number of anilines is 1. The number of nitrogens with one attached hydrogen (secondary N) is 2. The van der Waals surface area contributed by atoms with Gasteiger partial charge in [0.25, 0.3) is 18.3 Å². The molecule has 2 fully saturated rings. The Morgan fingerprint density at radius 1 is 1.13 bits per heavy atom. The molecule has 3 heterocycles. The van der Waals surface area contributed by atoms with Crippen molar-refractivity contribution in [2.45, 2.75) is 12.8 Å². The normalized spacial score (nSPS) is 16.0. The lowest BCUT2D eigenvalue weighted by molar-refractivity contribution is -0.133. The van der Waals surface area contributed by atoms with Gasteiger partial charge in [0.15, 0.2) is 17.4 Å². The van der Waals surface area contributed by atoms with E-state index >= 15 is 0 Å². The van der Waals surface area contributed by atoms with E-state index < -0.39 is 30.2 Å². The second kappa shape index (κ2) is 15.6. The molecule has 0 saturated carbocycles. The lowest BCUT2D eigenvalue weighted by Gasteiger charge is -2.35. The molecule has 246 valence electrons. The zero-order chi connectivity index (χ0) is 33.4. The molecule has 0 unspecified atom stereocenters. The molecular formula is C30H32ClF3N6O6. The highest BCUT2D eigenvalue weighted by atomic mass is 35.5. The number of hydrogen-bond donors (Lipinski definition) is 3. The summed E-state index contributed by atoms with van der Waals surface area (Å²) in [5, 5.41) is 12.9. The van der Waals surface area contributed by atoms with Gasteiger partial charge in [-0.1, -0.05) is 11.6 Å². The van der Waals surface area contributed by atoms with Crippen LogP contribution in [0.25, 0.3) is 11.3 Å². The molecule has 3 N–H and O–H groups in total. The molecule has 2 aromatic carbocycles. The van der Waals surface area contributed by atoms with E-state index in [0.717, 1.165) is 25.6 Å². The average Bonchev–Trinajstić information content (AvgIpc) is 3.69. The molecular weight excluding hydrogens is 633 g/mol. The van der Waals surface area contributed by atoms with Gasteiger partial charge in [-0.05, 0) is 55.8 Å². The van der Waals surface area contributed by atoms with Gasteiger partial charge in [0.1, 0.15) is 0 Å². The van der Waals surface area contributed by atoms with E-state index in [1.807, 2.05) is 0 Å². The first kappa shape index (κ1) is 34.2. The number of nitrogens with zero attached hydrogens (tertiary/aromatic N) is 4. The lowest BCUT2D eigenvalue weighted by Crippen LogP contribution is -2.51. The van der Waals surface area contributed by atoms with Crippen LogP contribution >= 0.6 is 11.6 Å². The minimum atomic E-state index is -1.36. The Balaban J connectivity index is 0.00000154. The Morgan fingerprint density at radius 3 is 2.46 bits per heavy atom. The number of rotatable bonds is 8. The molecule has 12 nitrogen and oxygen atoms in total. The van der Waals surface area contributed by atoms with Crippen molar-refractivity contribution in [1.82, 2.24) is 24.7 Å². The molecule has 3 aromatic rings. The van der Waals surface area contributed by atoms with Gasteiger partial charge in [-0.3, -0.25) is 19.2 Å². The van der Waals surface area contributed by atoms with Crippen molar-refractivity contribution in [1.29, 1.82) is 0 Å². The van der Waals surface area contributed by atoms with Gasteiger partial charge in [0.05, 0.1) is 22.5 Å². The number of alkyl halides is 1. The summed E-state index contributed by atoms with van der Waals surface area (Å²) < 4.78 is 47.0. The van der Waals surface area contributed by atoms with E-state index in [9.17, 15) is 27.6 Å². The predicted octanol–water partition coefficient (Wildman–Crippen LogP) is 3.56. The summed E-state index contributed by atoms with van der Waals surface area (Å²) in [6.07, 6.45) is 2.72. The van der Waals surface area contributed by atoms with Crippen molar-refractivity contribution in [2.24, 2.45) is 13.0 Å². The molecule has 1 aromatic heterocycles. The molecule has 5 rings (SSSR count). The standard InChI is InChI=1S/C29H30ClF3N6O4.CH2O2/c1-37-22(20-4-5-23(43-16-31)26(33)25(20)32)15-35-27(37)28(41)36-18-2-3-19(21(30)13-18)29(42)39-10-8-38(9-11-39)24(40)12-17-6-7-34-14-17;2-1-3/h2-5,13,15,17,34H,6-12,14,16H2,1H3,(H,36,41);1H,(H,2,3)/t17-;/m0./s1. The van der Waals surface area contributed by atoms with Gasteiger partial charge in [0, 0.05) is 50.9 Å². The highest BCUT2D eigenvalue weighted by Crippen LogP contribution is 2.30. The minimum Gasteiger partial charge on any atom is -0.483 e. The van der Waals surface area contributed by atoms with Crippen LogP contribution in [-0.4, -0.2) is 94.8 Å². The summed E-state index contributed by atoms with van der Waals surface area (Å²) in [6, 6.07) is 6.75. The molecule has 2 aliphatic heterocycles. The number of aromatic nitrogens is 2. The van der Waals surface area contributed by atoms with Crippen molar-refractivity contribution in [2.75, 3.05) is 51.4 Å². The van der Waals surface area contributed by atoms with Gasteiger partial charge in [-0.2, -0.15) is 4.39 Å². The first-order valence-electron chi connectivity index (χ1n) is 14.2. The highest BCUT2D eigenvalue weighted by Gasteiger charge is 2.28. The fourth-order valence-corrected chi connectivity index (χ4v) is 5.58. The Labute approximate surface area is 267 Å². The van der Waals surface area contributed by atoms with Crippen LogP contribution in [0, 0.1) is 17.6 Å². The third-order valence-electron chi connectivity index (χ3n) is 7.73. The number of hydrogen-bond acceptors (Lipinski definition) is 7. The Hall–Kier alpha value is -4.63.